The first-order valence-electron chi connectivity index (χ1n) is 6.91. The molecular weight excluding hydrogens is 290 g/mol. The minimum atomic E-state index is -3.52. The number of hydrogen-bond donors (Lipinski definition) is 3. The summed E-state index contributed by atoms with van der Waals surface area (Å²) in [5, 5.41) is 3.38. The van der Waals surface area contributed by atoms with Crippen molar-refractivity contribution in [2.45, 2.75) is 36.9 Å². The van der Waals surface area contributed by atoms with Gasteiger partial charge in [-0.1, -0.05) is 0 Å². The molecule has 8 heteroatoms. The van der Waals surface area contributed by atoms with Crippen LogP contribution in [-0.4, -0.2) is 29.0 Å². The highest BCUT2D eigenvalue weighted by atomic mass is 32.2. The molecule has 2 aromatic rings. The van der Waals surface area contributed by atoms with Gasteiger partial charge >= 0.3 is 0 Å². The number of imidazole rings is 1. The lowest BCUT2D eigenvalue weighted by molar-refractivity contribution is 0.579. The van der Waals surface area contributed by atoms with Crippen LogP contribution < -0.4 is 10.0 Å². The van der Waals surface area contributed by atoms with Crippen molar-refractivity contribution in [1.29, 1.82) is 0 Å². The lowest BCUT2D eigenvalue weighted by Gasteiger charge is -2.03. The maximum Gasteiger partial charge on any atom is 0.242 e. The van der Waals surface area contributed by atoms with Crippen molar-refractivity contribution in [3.05, 3.63) is 36.2 Å². The van der Waals surface area contributed by atoms with Gasteiger partial charge in [0.1, 0.15) is 5.82 Å². The van der Waals surface area contributed by atoms with E-state index in [0.29, 0.717) is 18.4 Å². The van der Waals surface area contributed by atoms with Crippen molar-refractivity contribution in [3.63, 3.8) is 0 Å². The van der Waals surface area contributed by atoms with Crippen LogP contribution in [0.25, 0.3) is 0 Å². The summed E-state index contributed by atoms with van der Waals surface area (Å²) in [4.78, 5) is 7.14. The molecule has 1 aliphatic rings. The summed E-state index contributed by atoms with van der Waals surface area (Å²) in [7, 11) is -1.66. The highest BCUT2D eigenvalue weighted by Crippen LogP contribution is 2.20. The lowest BCUT2D eigenvalue weighted by Crippen LogP contribution is -2.23. The third-order valence-corrected chi connectivity index (χ3v) is 4.90. The fourth-order valence-corrected chi connectivity index (χ4v) is 3.16. The maximum atomic E-state index is 12.3. The van der Waals surface area contributed by atoms with E-state index < -0.39 is 10.0 Å². The van der Waals surface area contributed by atoms with Crippen LogP contribution in [0.2, 0.25) is 0 Å². The molecule has 0 aromatic carbocycles. The Bertz CT molecular complexity index is 701. The second-order valence-electron chi connectivity index (χ2n) is 5.29. The molecule has 0 radical (unpaired) electrons. The van der Waals surface area contributed by atoms with E-state index >= 15 is 0 Å². The standard InChI is InChI=1S/C13H19N5O2S/c1-18-9-12(6-11(18)7-16-10-2-3-10)21(19,20)17-8-13-14-4-5-15-13/h4-6,9-10,16-17H,2-3,7-8H2,1H3,(H,14,15). The van der Waals surface area contributed by atoms with E-state index in [1.165, 1.54) is 12.8 Å². The zero-order valence-corrected chi connectivity index (χ0v) is 12.7. The zero-order valence-electron chi connectivity index (χ0n) is 11.8. The number of aromatic nitrogens is 3. The third-order valence-electron chi connectivity index (χ3n) is 3.53. The average Bonchev–Trinajstić information content (AvgIpc) is 2.98. The summed E-state index contributed by atoms with van der Waals surface area (Å²) >= 11 is 0. The van der Waals surface area contributed by atoms with Crippen LogP contribution in [0, 0.1) is 0 Å². The number of aryl methyl sites for hydroxylation is 1. The molecule has 3 N–H and O–H groups in total. The van der Waals surface area contributed by atoms with Crippen LogP contribution in [0.3, 0.4) is 0 Å². The van der Waals surface area contributed by atoms with E-state index in [1.54, 1.807) is 24.7 Å². The first-order valence-corrected chi connectivity index (χ1v) is 8.39. The highest BCUT2D eigenvalue weighted by molar-refractivity contribution is 7.89. The fourth-order valence-electron chi connectivity index (χ4n) is 2.08. The Hall–Kier alpha value is -1.64. The van der Waals surface area contributed by atoms with Gasteiger partial charge in [0, 0.05) is 43.9 Å². The predicted molar refractivity (Wildman–Crippen MR) is 77.9 cm³/mol. The van der Waals surface area contributed by atoms with E-state index in [-0.39, 0.29) is 11.4 Å². The molecule has 2 aromatic heterocycles. The van der Waals surface area contributed by atoms with Crippen molar-refractivity contribution >= 4 is 10.0 Å². The van der Waals surface area contributed by atoms with Crippen molar-refractivity contribution < 1.29 is 8.42 Å². The van der Waals surface area contributed by atoms with Gasteiger partial charge in [0.15, 0.2) is 0 Å². The number of rotatable bonds is 7. The molecule has 1 aliphatic carbocycles. The monoisotopic (exact) mass is 309 g/mol. The average molecular weight is 309 g/mol. The van der Waals surface area contributed by atoms with Crippen LogP contribution >= 0.6 is 0 Å². The van der Waals surface area contributed by atoms with Gasteiger partial charge in [-0.3, -0.25) is 0 Å². The Morgan fingerprint density at radius 2 is 2.24 bits per heavy atom. The van der Waals surface area contributed by atoms with Gasteiger partial charge in [-0.05, 0) is 18.9 Å². The minimum absolute atomic E-state index is 0.153. The molecule has 0 bridgehead atoms. The molecule has 21 heavy (non-hydrogen) atoms. The summed E-state index contributed by atoms with van der Waals surface area (Å²) in [5.74, 6) is 0.588. The third kappa shape index (κ3) is 3.52. The van der Waals surface area contributed by atoms with E-state index in [1.807, 2.05) is 11.6 Å². The van der Waals surface area contributed by atoms with Gasteiger partial charge in [0.25, 0.3) is 0 Å². The molecule has 114 valence electrons. The molecule has 0 aliphatic heterocycles. The molecule has 2 heterocycles. The molecule has 1 saturated carbocycles. The Morgan fingerprint density at radius 3 is 2.90 bits per heavy atom. The zero-order chi connectivity index (χ0) is 14.9. The molecule has 0 atom stereocenters. The molecule has 3 rings (SSSR count). The Balaban J connectivity index is 1.67. The van der Waals surface area contributed by atoms with Crippen LogP contribution in [-0.2, 0) is 30.2 Å². The summed E-state index contributed by atoms with van der Waals surface area (Å²) in [5.41, 5.74) is 0.959. The second-order valence-corrected chi connectivity index (χ2v) is 7.06. The Morgan fingerprint density at radius 1 is 1.43 bits per heavy atom. The van der Waals surface area contributed by atoms with Crippen molar-refractivity contribution in [2.24, 2.45) is 7.05 Å². The SMILES string of the molecule is Cn1cc(S(=O)(=O)NCc2ncc[nH]2)cc1CNC1CC1. The first kappa shape index (κ1) is 14.3. The molecule has 1 fully saturated rings. The quantitative estimate of drug-likeness (QED) is 0.693. The van der Waals surface area contributed by atoms with Gasteiger partial charge in [0.05, 0.1) is 11.4 Å². The maximum absolute atomic E-state index is 12.3. The van der Waals surface area contributed by atoms with E-state index in [9.17, 15) is 8.42 Å². The lowest BCUT2D eigenvalue weighted by atomic mass is 10.4. The number of H-pyrrole nitrogens is 1. The van der Waals surface area contributed by atoms with Crippen molar-refractivity contribution in [3.8, 4) is 0 Å². The van der Waals surface area contributed by atoms with Crippen LogP contribution in [0.15, 0.2) is 29.6 Å². The largest absolute Gasteiger partial charge is 0.352 e. The normalized spacial score (nSPS) is 15.5. The summed E-state index contributed by atoms with van der Waals surface area (Å²) in [6.07, 6.45) is 7.30. The number of hydrogen-bond acceptors (Lipinski definition) is 4. The van der Waals surface area contributed by atoms with E-state index in [0.717, 1.165) is 5.69 Å². The molecular formula is C13H19N5O2S. The number of sulfonamides is 1. The number of aromatic amines is 1. The first-order chi connectivity index (χ1) is 10.0. The highest BCUT2D eigenvalue weighted by Gasteiger charge is 2.22. The summed E-state index contributed by atoms with van der Waals surface area (Å²) in [6, 6.07) is 2.30. The Kier molecular flexibility index (Phi) is 3.83. The predicted octanol–water partition coefficient (Wildman–Crippen LogP) is 0.479. The molecule has 0 amide bonds. The minimum Gasteiger partial charge on any atom is -0.352 e. The van der Waals surface area contributed by atoms with Crippen LogP contribution in [0.4, 0.5) is 0 Å². The van der Waals surface area contributed by atoms with Gasteiger partial charge in [0.2, 0.25) is 10.0 Å². The van der Waals surface area contributed by atoms with Gasteiger partial charge < -0.3 is 14.9 Å². The van der Waals surface area contributed by atoms with Gasteiger partial charge in [-0.15, -0.1) is 0 Å². The topological polar surface area (TPSA) is 91.8 Å². The summed E-state index contributed by atoms with van der Waals surface area (Å²) < 4.78 is 28.9. The van der Waals surface area contributed by atoms with Crippen molar-refractivity contribution in [2.75, 3.05) is 0 Å². The van der Waals surface area contributed by atoms with Crippen molar-refractivity contribution in [1.82, 2.24) is 24.6 Å². The van der Waals surface area contributed by atoms with Gasteiger partial charge in [-0.25, -0.2) is 18.1 Å². The molecule has 0 spiro atoms. The van der Waals surface area contributed by atoms with Gasteiger partial charge in [-0.2, -0.15) is 0 Å². The molecule has 7 nitrogen and oxygen atoms in total. The summed E-state index contributed by atoms with van der Waals surface area (Å²) in [6.45, 7) is 0.842. The number of nitrogens with zero attached hydrogens (tertiary/aromatic N) is 2. The second kappa shape index (κ2) is 5.63. The smallest absolute Gasteiger partial charge is 0.242 e. The van der Waals surface area contributed by atoms with Crippen LogP contribution in [0.1, 0.15) is 24.4 Å². The van der Waals surface area contributed by atoms with Crippen LogP contribution in [0.5, 0.6) is 0 Å². The molecule has 0 saturated heterocycles. The fraction of sp³-hybridized carbons (Fsp3) is 0.462. The van der Waals surface area contributed by atoms with E-state index in [2.05, 4.69) is 20.0 Å². The molecule has 0 unspecified atom stereocenters. The Labute approximate surface area is 123 Å². The number of nitrogens with one attached hydrogen (secondary N) is 3. The van der Waals surface area contributed by atoms with E-state index in [4.69, 9.17) is 0 Å².